The highest BCUT2D eigenvalue weighted by molar-refractivity contribution is 5.47. The van der Waals surface area contributed by atoms with Crippen LogP contribution < -0.4 is 9.47 Å². The van der Waals surface area contributed by atoms with Crippen molar-refractivity contribution in [2.45, 2.75) is 13.0 Å². The Bertz CT molecular complexity index is 463. The molecular formula is C8H6F4N2O4. The van der Waals surface area contributed by atoms with Crippen molar-refractivity contribution in [3.05, 3.63) is 21.9 Å². The third-order valence-electron chi connectivity index (χ3n) is 1.75. The number of nitrogens with zero attached hydrogens (tertiary/aromatic N) is 2. The van der Waals surface area contributed by atoms with Crippen LogP contribution in [0.25, 0.3) is 0 Å². The number of hydrogen-bond donors (Lipinski definition) is 0. The lowest BCUT2D eigenvalue weighted by Crippen LogP contribution is -2.18. The van der Waals surface area contributed by atoms with Gasteiger partial charge in [0.25, 0.3) is 0 Å². The lowest BCUT2D eigenvalue weighted by atomic mass is 10.3. The fourth-order valence-electron chi connectivity index (χ4n) is 1.11. The number of halogens is 4. The highest BCUT2D eigenvalue weighted by Gasteiger charge is 2.36. The van der Waals surface area contributed by atoms with Gasteiger partial charge in [-0.3, -0.25) is 0 Å². The van der Waals surface area contributed by atoms with Gasteiger partial charge >= 0.3 is 12.2 Å². The van der Waals surface area contributed by atoms with Crippen molar-refractivity contribution >= 4 is 5.82 Å². The molecule has 0 spiro atoms. The molecule has 0 aliphatic heterocycles. The van der Waals surface area contributed by atoms with Gasteiger partial charge < -0.3 is 19.6 Å². The van der Waals surface area contributed by atoms with E-state index < -0.39 is 35.2 Å². The lowest BCUT2D eigenvalue weighted by molar-refractivity contribution is -0.393. The van der Waals surface area contributed by atoms with Gasteiger partial charge in [0.15, 0.2) is 12.4 Å². The Hall–Kier alpha value is -2.13. The molecule has 0 fully saturated rings. The summed E-state index contributed by atoms with van der Waals surface area (Å²) in [5, 5.41) is 10.5. The summed E-state index contributed by atoms with van der Waals surface area (Å²) in [6.45, 7) is -1.23. The summed E-state index contributed by atoms with van der Waals surface area (Å²) >= 11 is 0. The predicted octanol–water partition coefficient (Wildman–Crippen LogP) is 2.37. The van der Waals surface area contributed by atoms with Crippen molar-refractivity contribution in [3.63, 3.8) is 0 Å². The first kappa shape index (κ1) is 13.9. The molecular weight excluding hydrogens is 264 g/mol. The van der Waals surface area contributed by atoms with E-state index >= 15 is 0 Å². The Labute approximate surface area is 97.3 Å². The average Bonchev–Trinajstić information content (AvgIpc) is 2.25. The molecule has 1 aromatic heterocycles. The molecule has 0 saturated carbocycles. The first-order chi connectivity index (χ1) is 8.28. The fraction of sp³-hybridized carbons (Fsp3) is 0.375. The van der Waals surface area contributed by atoms with Crippen LogP contribution in [0.3, 0.4) is 0 Å². The van der Waals surface area contributed by atoms with Gasteiger partial charge in [0.1, 0.15) is 0 Å². The first-order valence-electron chi connectivity index (χ1n) is 4.32. The molecule has 0 aromatic carbocycles. The minimum absolute atomic E-state index is 0.373. The molecule has 6 nitrogen and oxygen atoms in total. The zero-order valence-corrected chi connectivity index (χ0v) is 8.82. The number of nitro groups is 1. The van der Waals surface area contributed by atoms with Gasteiger partial charge in [-0.1, -0.05) is 0 Å². The Balaban J connectivity index is 3.33. The van der Waals surface area contributed by atoms with E-state index in [0.717, 1.165) is 7.11 Å². The Morgan fingerprint density at radius 3 is 2.44 bits per heavy atom. The normalized spacial score (nSPS) is 11.2. The maximum atomic E-state index is 12.5. The number of pyridine rings is 1. The summed E-state index contributed by atoms with van der Waals surface area (Å²) in [7, 11) is 1.05. The number of rotatable bonds is 4. The second kappa shape index (κ2) is 5.02. The largest absolute Gasteiger partial charge is 0.573 e. The number of hydrogen-bond acceptors (Lipinski definition) is 5. The van der Waals surface area contributed by atoms with Crippen LogP contribution in [0.4, 0.5) is 23.4 Å². The molecule has 0 aliphatic carbocycles. The predicted molar refractivity (Wildman–Crippen MR) is 48.9 cm³/mol. The molecule has 1 aromatic rings. The van der Waals surface area contributed by atoms with Gasteiger partial charge in [-0.2, -0.15) is 0 Å². The van der Waals surface area contributed by atoms with Gasteiger partial charge in [-0.15, -0.1) is 13.2 Å². The summed E-state index contributed by atoms with van der Waals surface area (Å²) < 4.78 is 56.5. The van der Waals surface area contributed by atoms with Crippen molar-refractivity contribution in [1.82, 2.24) is 4.98 Å². The first-order valence-corrected chi connectivity index (χ1v) is 4.32. The van der Waals surface area contributed by atoms with Crippen LogP contribution in [0.2, 0.25) is 0 Å². The van der Waals surface area contributed by atoms with Crippen molar-refractivity contribution in [2.24, 2.45) is 0 Å². The van der Waals surface area contributed by atoms with Crippen LogP contribution in [-0.4, -0.2) is 23.4 Å². The molecule has 18 heavy (non-hydrogen) atoms. The molecule has 100 valence electrons. The minimum Gasteiger partial charge on any atom is -0.492 e. The zero-order chi connectivity index (χ0) is 13.9. The van der Waals surface area contributed by atoms with E-state index in [4.69, 9.17) is 0 Å². The van der Waals surface area contributed by atoms with E-state index in [-0.39, 0.29) is 5.75 Å². The third-order valence-corrected chi connectivity index (χ3v) is 1.75. The molecule has 1 rings (SSSR count). The number of ether oxygens (including phenoxy) is 2. The van der Waals surface area contributed by atoms with E-state index in [1.165, 1.54) is 0 Å². The summed E-state index contributed by atoms with van der Waals surface area (Å²) in [5.74, 6) is -2.77. The van der Waals surface area contributed by atoms with Crippen LogP contribution in [0.5, 0.6) is 11.5 Å². The molecule has 10 heteroatoms. The van der Waals surface area contributed by atoms with Crippen molar-refractivity contribution < 1.29 is 32.0 Å². The van der Waals surface area contributed by atoms with Gasteiger partial charge in [0.05, 0.1) is 7.11 Å². The van der Waals surface area contributed by atoms with Crippen molar-refractivity contribution in [1.29, 1.82) is 0 Å². The molecule has 0 atom stereocenters. The summed E-state index contributed by atoms with van der Waals surface area (Å²) in [5.41, 5.74) is -0.487. The molecule has 0 bridgehead atoms. The quantitative estimate of drug-likeness (QED) is 0.477. The summed E-state index contributed by atoms with van der Waals surface area (Å²) in [4.78, 5) is 12.4. The zero-order valence-electron chi connectivity index (χ0n) is 8.82. The average molecular weight is 270 g/mol. The maximum Gasteiger partial charge on any atom is 0.573 e. The van der Waals surface area contributed by atoms with Crippen molar-refractivity contribution in [2.75, 3.05) is 7.11 Å². The number of aromatic nitrogens is 1. The molecule has 0 aliphatic rings. The van der Waals surface area contributed by atoms with E-state index in [1.807, 2.05) is 0 Å². The third kappa shape index (κ3) is 3.18. The Kier molecular flexibility index (Phi) is 3.89. The van der Waals surface area contributed by atoms with E-state index in [2.05, 4.69) is 14.5 Å². The second-order valence-electron chi connectivity index (χ2n) is 2.90. The van der Waals surface area contributed by atoms with Gasteiger partial charge in [0, 0.05) is 6.07 Å². The van der Waals surface area contributed by atoms with Crippen molar-refractivity contribution in [3.8, 4) is 11.5 Å². The summed E-state index contributed by atoms with van der Waals surface area (Å²) in [6.07, 6.45) is -5.13. The molecule has 0 N–H and O–H groups in total. The molecule has 0 radical (unpaired) electrons. The van der Waals surface area contributed by atoms with Crippen LogP contribution in [-0.2, 0) is 6.67 Å². The smallest absolute Gasteiger partial charge is 0.492 e. The summed E-state index contributed by atoms with van der Waals surface area (Å²) in [6, 6.07) is 0.563. The van der Waals surface area contributed by atoms with Crippen LogP contribution in [0, 0.1) is 10.1 Å². The standard InChI is InChI=1S/C8H6F4N2O4/c1-17-5-2-6(18-8(10,11)12)7(14(15)16)13-4(5)3-9/h2H,3H2,1H3. The van der Waals surface area contributed by atoms with E-state index in [0.29, 0.717) is 6.07 Å². The molecule has 0 amide bonds. The molecule has 0 unspecified atom stereocenters. The highest BCUT2D eigenvalue weighted by Crippen LogP contribution is 2.35. The number of methoxy groups -OCH3 is 1. The van der Waals surface area contributed by atoms with Crippen LogP contribution in [0.15, 0.2) is 6.07 Å². The topological polar surface area (TPSA) is 74.5 Å². The minimum atomic E-state index is -5.13. The van der Waals surface area contributed by atoms with Gasteiger partial charge in [0.2, 0.25) is 11.4 Å². The molecule has 0 saturated heterocycles. The monoisotopic (exact) mass is 270 g/mol. The molecule has 1 heterocycles. The Morgan fingerprint density at radius 1 is 1.44 bits per heavy atom. The maximum absolute atomic E-state index is 12.5. The van der Waals surface area contributed by atoms with Crippen LogP contribution >= 0.6 is 0 Å². The van der Waals surface area contributed by atoms with E-state index in [9.17, 15) is 27.7 Å². The Morgan fingerprint density at radius 2 is 2.06 bits per heavy atom. The number of alkyl halides is 4. The fourth-order valence-corrected chi connectivity index (χ4v) is 1.11. The van der Waals surface area contributed by atoms with Gasteiger partial charge in [-0.05, 0) is 9.91 Å². The van der Waals surface area contributed by atoms with Crippen LogP contribution in [0.1, 0.15) is 5.69 Å². The lowest BCUT2D eigenvalue weighted by Gasteiger charge is -2.10. The second-order valence-corrected chi connectivity index (χ2v) is 2.90. The SMILES string of the molecule is COc1cc(OC(F)(F)F)c([N+](=O)[O-])nc1CF. The highest BCUT2D eigenvalue weighted by atomic mass is 19.4. The van der Waals surface area contributed by atoms with E-state index in [1.54, 1.807) is 0 Å². The van der Waals surface area contributed by atoms with Gasteiger partial charge in [-0.25, -0.2) is 4.39 Å².